The van der Waals surface area contributed by atoms with E-state index in [1.807, 2.05) is 20.2 Å². The van der Waals surface area contributed by atoms with Gasteiger partial charge in [0.05, 0.1) is 11.0 Å². The van der Waals surface area contributed by atoms with E-state index in [0.717, 1.165) is 15.5 Å². The highest BCUT2D eigenvalue weighted by atomic mass is 79.9. The van der Waals surface area contributed by atoms with Crippen molar-refractivity contribution >= 4 is 27.0 Å². The summed E-state index contributed by atoms with van der Waals surface area (Å²) in [6, 6.07) is 4.34. The fourth-order valence-electron chi connectivity index (χ4n) is 2.81. The molecule has 0 amide bonds. The third-order valence-electron chi connectivity index (χ3n) is 3.86. The number of aromatic nitrogens is 2. The van der Waals surface area contributed by atoms with Crippen molar-refractivity contribution in [3.05, 3.63) is 32.7 Å². The number of fused-ring (bicyclic) bond motifs is 1. The van der Waals surface area contributed by atoms with Crippen molar-refractivity contribution in [1.29, 1.82) is 0 Å². The van der Waals surface area contributed by atoms with Crippen molar-refractivity contribution in [1.82, 2.24) is 14.5 Å². The fraction of sp³-hybridized carbons (Fsp3) is 0.533. The number of imidazole rings is 1. The molecule has 0 aliphatic rings. The van der Waals surface area contributed by atoms with E-state index in [0.29, 0.717) is 0 Å². The van der Waals surface area contributed by atoms with Crippen molar-refractivity contribution in [2.75, 3.05) is 7.05 Å². The summed E-state index contributed by atoms with van der Waals surface area (Å²) >= 11 is 3.65. The Balaban J connectivity index is 2.76. The van der Waals surface area contributed by atoms with Crippen LogP contribution >= 0.6 is 15.9 Å². The summed E-state index contributed by atoms with van der Waals surface area (Å²) < 4.78 is 4.40. The molecular formula is C15H22BrN3O. The second kappa shape index (κ2) is 5.04. The first-order valence-corrected chi connectivity index (χ1v) is 7.50. The van der Waals surface area contributed by atoms with E-state index in [4.69, 9.17) is 0 Å². The molecule has 0 aliphatic carbocycles. The molecule has 1 aromatic carbocycles. The molecule has 20 heavy (non-hydrogen) atoms. The van der Waals surface area contributed by atoms with Gasteiger partial charge in [0.25, 0.3) is 0 Å². The van der Waals surface area contributed by atoms with Gasteiger partial charge in [0, 0.05) is 24.6 Å². The van der Waals surface area contributed by atoms with Crippen LogP contribution in [0, 0.1) is 5.41 Å². The minimum absolute atomic E-state index is 0.000756. The lowest BCUT2D eigenvalue weighted by Crippen LogP contribution is -2.30. The smallest absolute Gasteiger partial charge is 0.313 e. The summed E-state index contributed by atoms with van der Waals surface area (Å²) in [6.07, 6.45) is 0. The highest BCUT2D eigenvalue weighted by Crippen LogP contribution is 2.37. The zero-order chi connectivity index (χ0) is 15.2. The van der Waals surface area contributed by atoms with Crippen molar-refractivity contribution in [2.45, 2.75) is 26.8 Å². The molecule has 1 N–H and O–H groups in total. The molecule has 1 heterocycles. The van der Waals surface area contributed by atoms with Crippen LogP contribution in [0.2, 0.25) is 0 Å². The number of rotatable bonds is 2. The molecule has 2 aromatic rings. The molecule has 110 valence electrons. The summed E-state index contributed by atoms with van der Waals surface area (Å²) in [5, 5.41) is 3.38. The molecule has 1 atom stereocenters. The van der Waals surface area contributed by atoms with Crippen LogP contribution < -0.4 is 11.0 Å². The summed E-state index contributed by atoms with van der Waals surface area (Å²) in [4.78, 5) is 12.0. The molecular weight excluding hydrogens is 318 g/mol. The molecule has 1 aromatic heterocycles. The standard InChI is InChI=1S/C15H22BrN3O/c1-15(2,3)13(17-4)9-7-11-12(8-10(9)16)19(6)14(20)18(11)5/h7-8,13,17H,1-6H3. The SMILES string of the molecule is CNC(c1cc2c(cc1Br)n(C)c(=O)n2C)C(C)(C)C. The van der Waals surface area contributed by atoms with Gasteiger partial charge in [0.15, 0.2) is 0 Å². The maximum absolute atomic E-state index is 12.0. The minimum atomic E-state index is 0.000756. The van der Waals surface area contributed by atoms with Crippen LogP contribution in [0.1, 0.15) is 32.4 Å². The first kappa shape index (κ1) is 15.3. The predicted molar refractivity (Wildman–Crippen MR) is 87.1 cm³/mol. The van der Waals surface area contributed by atoms with Gasteiger partial charge in [-0.25, -0.2) is 4.79 Å². The number of nitrogens with zero attached hydrogens (tertiary/aromatic N) is 2. The van der Waals surface area contributed by atoms with Crippen LogP contribution in [-0.2, 0) is 14.1 Å². The van der Waals surface area contributed by atoms with Gasteiger partial charge in [-0.15, -0.1) is 0 Å². The van der Waals surface area contributed by atoms with Gasteiger partial charge in [-0.05, 0) is 30.2 Å². The van der Waals surface area contributed by atoms with Crippen molar-refractivity contribution in [2.24, 2.45) is 19.5 Å². The monoisotopic (exact) mass is 339 g/mol. The summed E-state index contributed by atoms with van der Waals surface area (Å²) in [7, 11) is 5.58. The Hall–Kier alpha value is -1.07. The summed E-state index contributed by atoms with van der Waals surface area (Å²) in [5.74, 6) is 0. The van der Waals surface area contributed by atoms with Gasteiger partial charge in [0.1, 0.15) is 0 Å². The second-order valence-electron chi connectivity index (χ2n) is 6.35. The average Bonchev–Trinajstić information content (AvgIpc) is 2.54. The Bertz CT molecular complexity index is 706. The molecule has 2 rings (SSSR count). The molecule has 0 saturated heterocycles. The Labute approximate surface area is 127 Å². The van der Waals surface area contributed by atoms with E-state index in [1.165, 1.54) is 5.56 Å². The highest BCUT2D eigenvalue weighted by molar-refractivity contribution is 9.10. The maximum Gasteiger partial charge on any atom is 0.328 e. The van der Waals surface area contributed by atoms with Crippen LogP contribution in [0.4, 0.5) is 0 Å². The van der Waals surface area contributed by atoms with Gasteiger partial charge < -0.3 is 5.32 Å². The topological polar surface area (TPSA) is 39.0 Å². The number of hydrogen-bond donors (Lipinski definition) is 1. The number of halogens is 1. The number of benzene rings is 1. The van der Waals surface area contributed by atoms with Gasteiger partial charge in [-0.1, -0.05) is 36.7 Å². The lowest BCUT2D eigenvalue weighted by molar-refractivity contribution is 0.286. The number of aryl methyl sites for hydroxylation is 2. The minimum Gasteiger partial charge on any atom is -0.313 e. The van der Waals surface area contributed by atoms with E-state index in [9.17, 15) is 4.79 Å². The van der Waals surface area contributed by atoms with Gasteiger partial charge in [-0.3, -0.25) is 9.13 Å². The lowest BCUT2D eigenvalue weighted by atomic mass is 9.82. The van der Waals surface area contributed by atoms with Crippen LogP contribution in [0.15, 0.2) is 21.4 Å². The zero-order valence-corrected chi connectivity index (χ0v) is 14.5. The van der Waals surface area contributed by atoms with Gasteiger partial charge in [-0.2, -0.15) is 0 Å². The van der Waals surface area contributed by atoms with Crippen molar-refractivity contribution in [3.8, 4) is 0 Å². The molecule has 1 unspecified atom stereocenters. The van der Waals surface area contributed by atoms with Crippen LogP contribution in [0.5, 0.6) is 0 Å². The lowest BCUT2D eigenvalue weighted by Gasteiger charge is -2.31. The molecule has 0 aliphatic heterocycles. The molecule has 0 radical (unpaired) electrons. The van der Waals surface area contributed by atoms with Crippen LogP contribution in [0.25, 0.3) is 11.0 Å². The largest absolute Gasteiger partial charge is 0.328 e. The Kier molecular flexibility index (Phi) is 3.86. The molecule has 0 bridgehead atoms. The molecule has 0 fully saturated rings. The fourth-order valence-corrected chi connectivity index (χ4v) is 3.37. The molecule has 4 nitrogen and oxygen atoms in total. The zero-order valence-electron chi connectivity index (χ0n) is 12.9. The molecule has 5 heteroatoms. The van der Waals surface area contributed by atoms with E-state index in [2.05, 4.69) is 48.1 Å². The van der Waals surface area contributed by atoms with E-state index < -0.39 is 0 Å². The third kappa shape index (κ3) is 2.33. The second-order valence-corrected chi connectivity index (χ2v) is 7.21. The van der Waals surface area contributed by atoms with E-state index in [-0.39, 0.29) is 17.1 Å². The third-order valence-corrected chi connectivity index (χ3v) is 4.54. The van der Waals surface area contributed by atoms with Gasteiger partial charge in [0.2, 0.25) is 0 Å². The van der Waals surface area contributed by atoms with Crippen molar-refractivity contribution in [3.63, 3.8) is 0 Å². The quantitative estimate of drug-likeness (QED) is 0.913. The number of hydrogen-bond acceptors (Lipinski definition) is 2. The Morgan fingerprint density at radius 3 is 2.10 bits per heavy atom. The van der Waals surface area contributed by atoms with E-state index in [1.54, 1.807) is 16.2 Å². The Morgan fingerprint density at radius 1 is 1.15 bits per heavy atom. The van der Waals surface area contributed by atoms with Gasteiger partial charge >= 0.3 is 5.69 Å². The average molecular weight is 340 g/mol. The normalized spacial score (nSPS) is 13.9. The maximum atomic E-state index is 12.0. The van der Waals surface area contributed by atoms with E-state index >= 15 is 0 Å². The number of nitrogens with one attached hydrogen (secondary N) is 1. The molecule has 0 spiro atoms. The summed E-state index contributed by atoms with van der Waals surface area (Å²) in [6.45, 7) is 6.61. The highest BCUT2D eigenvalue weighted by Gasteiger charge is 2.27. The predicted octanol–water partition coefficient (Wildman–Crippen LogP) is 2.95. The summed E-state index contributed by atoms with van der Waals surface area (Å²) in [5.41, 5.74) is 3.16. The Morgan fingerprint density at radius 2 is 1.65 bits per heavy atom. The first-order chi connectivity index (χ1) is 9.18. The van der Waals surface area contributed by atoms with Crippen LogP contribution in [-0.4, -0.2) is 16.2 Å². The van der Waals surface area contributed by atoms with Crippen LogP contribution in [0.3, 0.4) is 0 Å². The first-order valence-electron chi connectivity index (χ1n) is 6.70. The van der Waals surface area contributed by atoms with Crippen molar-refractivity contribution < 1.29 is 0 Å². The molecule has 0 saturated carbocycles.